The second-order valence-corrected chi connectivity index (χ2v) is 7.59. The van der Waals surface area contributed by atoms with E-state index in [0.29, 0.717) is 5.56 Å². The average molecular weight is 404 g/mol. The highest BCUT2D eigenvalue weighted by atomic mass is 32.2. The lowest BCUT2D eigenvalue weighted by atomic mass is 10.1. The molecule has 2 aromatic rings. The van der Waals surface area contributed by atoms with Crippen LogP contribution in [0, 0.1) is 0 Å². The molecule has 2 N–H and O–H groups in total. The number of hydrogen-bond acceptors (Lipinski definition) is 7. The van der Waals surface area contributed by atoms with Crippen LogP contribution in [0.4, 0.5) is 0 Å². The highest BCUT2D eigenvalue weighted by Gasteiger charge is 2.19. The number of rotatable bonds is 7. The first-order valence-electron chi connectivity index (χ1n) is 8.07. The van der Waals surface area contributed by atoms with Crippen molar-refractivity contribution in [2.75, 3.05) is 14.2 Å². The van der Waals surface area contributed by atoms with Gasteiger partial charge in [-0.1, -0.05) is 6.07 Å². The molecule has 0 saturated heterocycles. The topological polar surface area (TPSA) is 110 Å². The summed E-state index contributed by atoms with van der Waals surface area (Å²) in [5.74, 6) is -0.407. The molecule has 148 valence electrons. The number of carbonyl (C=O) groups excluding carboxylic acids is 1. The number of aromatic hydroxyl groups is 2. The summed E-state index contributed by atoms with van der Waals surface area (Å²) in [4.78, 5) is 11.4. The number of phenols is 2. The standard InChI is InChI=1S/C20H20O7S/c1-13(21)10-20(15-5-7-17(23)19(12-15)27-3)28(24,25)9-8-14-4-6-16(22)18(11-14)26-2/h4-12,22-23H,1-3H3. The van der Waals surface area contributed by atoms with Gasteiger partial charge in [-0.3, -0.25) is 4.79 Å². The fourth-order valence-electron chi connectivity index (χ4n) is 2.38. The van der Waals surface area contributed by atoms with Crippen molar-refractivity contribution >= 4 is 26.6 Å². The Morgan fingerprint density at radius 1 is 0.964 bits per heavy atom. The summed E-state index contributed by atoms with van der Waals surface area (Å²) >= 11 is 0. The Balaban J connectivity index is 2.50. The lowest BCUT2D eigenvalue weighted by Crippen LogP contribution is -2.02. The van der Waals surface area contributed by atoms with Crippen molar-refractivity contribution < 1.29 is 32.9 Å². The summed E-state index contributed by atoms with van der Waals surface area (Å²) in [6.45, 7) is 1.24. The van der Waals surface area contributed by atoms with Gasteiger partial charge in [-0.15, -0.1) is 0 Å². The normalized spacial score (nSPS) is 12.2. The van der Waals surface area contributed by atoms with Crippen LogP contribution < -0.4 is 9.47 Å². The van der Waals surface area contributed by atoms with Crippen molar-refractivity contribution in [2.45, 2.75) is 6.92 Å². The fourth-order valence-corrected chi connectivity index (χ4v) is 3.65. The van der Waals surface area contributed by atoms with Gasteiger partial charge in [0.1, 0.15) is 0 Å². The molecular weight excluding hydrogens is 384 g/mol. The van der Waals surface area contributed by atoms with Crippen molar-refractivity contribution in [1.29, 1.82) is 0 Å². The molecule has 0 aliphatic heterocycles. The first-order valence-corrected chi connectivity index (χ1v) is 9.62. The molecule has 0 spiro atoms. The van der Waals surface area contributed by atoms with Crippen LogP contribution >= 0.6 is 0 Å². The zero-order valence-electron chi connectivity index (χ0n) is 15.5. The second-order valence-electron chi connectivity index (χ2n) is 5.78. The third-order valence-corrected chi connectivity index (χ3v) is 5.21. The molecule has 0 atom stereocenters. The quantitative estimate of drug-likeness (QED) is 0.682. The summed E-state index contributed by atoms with van der Waals surface area (Å²) in [6, 6.07) is 8.36. The molecule has 0 radical (unpaired) electrons. The number of hydrogen-bond donors (Lipinski definition) is 2. The maximum Gasteiger partial charge on any atom is 0.200 e. The number of methoxy groups -OCH3 is 2. The lowest BCUT2D eigenvalue weighted by molar-refractivity contribution is -0.112. The molecule has 2 rings (SSSR count). The van der Waals surface area contributed by atoms with Crippen molar-refractivity contribution in [1.82, 2.24) is 0 Å². The zero-order chi connectivity index (χ0) is 20.9. The molecule has 28 heavy (non-hydrogen) atoms. The fraction of sp³-hybridized carbons (Fsp3) is 0.150. The first-order chi connectivity index (χ1) is 13.2. The Hall–Kier alpha value is -3.26. The van der Waals surface area contributed by atoms with E-state index in [2.05, 4.69) is 0 Å². The van der Waals surface area contributed by atoms with Crippen molar-refractivity contribution in [2.24, 2.45) is 0 Å². The summed E-state index contributed by atoms with van der Waals surface area (Å²) in [6.07, 6.45) is 2.33. The minimum atomic E-state index is -4.02. The third-order valence-electron chi connectivity index (χ3n) is 3.75. The Bertz CT molecular complexity index is 1050. The third kappa shape index (κ3) is 4.92. The Morgan fingerprint density at radius 3 is 2.11 bits per heavy atom. The van der Waals surface area contributed by atoms with Gasteiger partial charge in [0.05, 0.1) is 19.1 Å². The van der Waals surface area contributed by atoms with E-state index < -0.39 is 15.6 Å². The molecule has 0 bridgehead atoms. The van der Waals surface area contributed by atoms with E-state index >= 15 is 0 Å². The predicted octanol–water partition coefficient (Wildman–Crippen LogP) is 3.13. The molecule has 0 saturated carbocycles. The van der Waals surface area contributed by atoms with Gasteiger partial charge in [-0.2, -0.15) is 0 Å². The minimum Gasteiger partial charge on any atom is -0.504 e. The van der Waals surface area contributed by atoms with Crippen LogP contribution in [0.5, 0.6) is 23.0 Å². The molecule has 8 heteroatoms. The molecular formula is C20H20O7S. The van der Waals surface area contributed by atoms with Crippen LogP contribution in [0.3, 0.4) is 0 Å². The summed E-state index contributed by atoms with van der Waals surface area (Å²) in [7, 11) is -1.30. The van der Waals surface area contributed by atoms with E-state index in [1.54, 1.807) is 0 Å². The van der Waals surface area contributed by atoms with Gasteiger partial charge in [-0.05, 0) is 54.5 Å². The van der Waals surface area contributed by atoms with Crippen LogP contribution in [0.25, 0.3) is 11.0 Å². The van der Waals surface area contributed by atoms with Gasteiger partial charge in [0, 0.05) is 11.5 Å². The van der Waals surface area contributed by atoms with E-state index in [-0.39, 0.29) is 33.5 Å². The summed E-state index contributed by atoms with van der Waals surface area (Å²) in [5, 5.41) is 20.3. The van der Waals surface area contributed by atoms with Gasteiger partial charge in [0.2, 0.25) is 9.84 Å². The van der Waals surface area contributed by atoms with E-state index in [9.17, 15) is 23.4 Å². The smallest absolute Gasteiger partial charge is 0.200 e. The predicted molar refractivity (Wildman–Crippen MR) is 106 cm³/mol. The number of allylic oxidation sites excluding steroid dienone is 1. The molecule has 7 nitrogen and oxygen atoms in total. The largest absolute Gasteiger partial charge is 0.504 e. The lowest BCUT2D eigenvalue weighted by Gasteiger charge is -2.09. The second kappa shape index (κ2) is 8.62. The molecule has 0 amide bonds. The number of ketones is 1. The molecule has 2 aromatic carbocycles. The van der Waals surface area contributed by atoms with E-state index in [0.717, 1.165) is 11.5 Å². The zero-order valence-corrected chi connectivity index (χ0v) is 16.4. The van der Waals surface area contributed by atoms with Gasteiger partial charge < -0.3 is 19.7 Å². The van der Waals surface area contributed by atoms with E-state index in [1.807, 2.05) is 0 Å². The average Bonchev–Trinajstić information content (AvgIpc) is 2.66. The van der Waals surface area contributed by atoms with Gasteiger partial charge in [-0.25, -0.2) is 8.42 Å². The van der Waals surface area contributed by atoms with E-state index in [1.165, 1.54) is 63.6 Å². The maximum atomic E-state index is 12.9. The van der Waals surface area contributed by atoms with Gasteiger partial charge in [0.15, 0.2) is 28.8 Å². The molecule has 0 heterocycles. The van der Waals surface area contributed by atoms with Crippen LogP contribution in [0.1, 0.15) is 18.1 Å². The Kier molecular flexibility index (Phi) is 6.48. The molecule has 0 aliphatic rings. The molecule has 0 aliphatic carbocycles. The maximum absolute atomic E-state index is 12.9. The monoisotopic (exact) mass is 404 g/mol. The number of carbonyl (C=O) groups is 1. The Morgan fingerprint density at radius 2 is 1.54 bits per heavy atom. The summed E-state index contributed by atoms with van der Waals surface area (Å²) < 4.78 is 35.7. The van der Waals surface area contributed by atoms with Crippen molar-refractivity contribution in [3.8, 4) is 23.0 Å². The molecule has 0 fully saturated rings. The van der Waals surface area contributed by atoms with Crippen LogP contribution in [0.15, 0.2) is 47.9 Å². The van der Waals surface area contributed by atoms with Crippen LogP contribution in [0.2, 0.25) is 0 Å². The first kappa shape index (κ1) is 21.0. The molecule has 0 unspecified atom stereocenters. The number of sulfone groups is 1. The molecule has 0 aromatic heterocycles. The highest BCUT2D eigenvalue weighted by molar-refractivity contribution is 8.03. The Labute approximate surface area is 163 Å². The number of benzene rings is 2. The van der Waals surface area contributed by atoms with Crippen LogP contribution in [-0.2, 0) is 14.6 Å². The van der Waals surface area contributed by atoms with Crippen molar-refractivity contribution in [3.05, 3.63) is 59.0 Å². The number of phenolic OH excluding ortho intramolecular Hbond substituents is 2. The van der Waals surface area contributed by atoms with E-state index in [4.69, 9.17) is 9.47 Å². The summed E-state index contributed by atoms with van der Waals surface area (Å²) in [5.41, 5.74) is 0.668. The number of ether oxygens (including phenoxy) is 2. The SMILES string of the molecule is COc1cc(C=CS(=O)(=O)C(=CC(C)=O)c2ccc(O)c(OC)c2)ccc1O. The minimum absolute atomic E-state index is 0.0733. The van der Waals surface area contributed by atoms with Gasteiger partial charge in [0.25, 0.3) is 0 Å². The van der Waals surface area contributed by atoms with Crippen molar-refractivity contribution in [3.63, 3.8) is 0 Å². The van der Waals surface area contributed by atoms with Gasteiger partial charge >= 0.3 is 0 Å². The van der Waals surface area contributed by atoms with Crippen LogP contribution in [-0.4, -0.2) is 38.6 Å². The highest BCUT2D eigenvalue weighted by Crippen LogP contribution is 2.32.